The van der Waals surface area contributed by atoms with Crippen LogP contribution in [0.1, 0.15) is 43.4 Å². The SMILES string of the molecule is CC(C)CN1CC[C@@H](c2ncc(Cc3cccc(F)c3)o2)C1. The molecule has 0 aliphatic carbocycles. The number of nitrogens with zero attached hydrogens (tertiary/aromatic N) is 2. The van der Waals surface area contributed by atoms with Gasteiger partial charge in [-0.05, 0) is 36.6 Å². The molecule has 0 radical (unpaired) electrons. The molecule has 0 saturated carbocycles. The van der Waals surface area contributed by atoms with Crippen LogP contribution in [-0.4, -0.2) is 29.5 Å². The maximum atomic E-state index is 13.2. The van der Waals surface area contributed by atoms with E-state index >= 15 is 0 Å². The summed E-state index contributed by atoms with van der Waals surface area (Å²) in [4.78, 5) is 6.92. The Labute approximate surface area is 131 Å². The van der Waals surface area contributed by atoms with E-state index in [1.807, 2.05) is 6.07 Å². The van der Waals surface area contributed by atoms with Gasteiger partial charge in [-0.3, -0.25) is 0 Å². The van der Waals surface area contributed by atoms with Crippen LogP contribution in [0.3, 0.4) is 0 Å². The normalized spacial score (nSPS) is 19.2. The van der Waals surface area contributed by atoms with E-state index in [4.69, 9.17) is 4.42 Å². The first-order valence-corrected chi connectivity index (χ1v) is 8.01. The zero-order valence-corrected chi connectivity index (χ0v) is 13.3. The number of benzene rings is 1. The van der Waals surface area contributed by atoms with E-state index in [9.17, 15) is 4.39 Å². The summed E-state index contributed by atoms with van der Waals surface area (Å²) >= 11 is 0. The highest BCUT2D eigenvalue weighted by Crippen LogP contribution is 2.27. The maximum Gasteiger partial charge on any atom is 0.198 e. The van der Waals surface area contributed by atoms with E-state index in [2.05, 4.69) is 23.7 Å². The molecule has 1 saturated heterocycles. The van der Waals surface area contributed by atoms with Gasteiger partial charge in [0.15, 0.2) is 5.89 Å². The first kappa shape index (κ1) is 15.2. The molecule has 1 aliphatic heterocycles. The van der Waals surface area contributed by atoms with Crippen molar-refractivity contribution in [1.29, 1.82) is 0 Å². The van der Waals surface area contributed by atoms with Crippen LogP contribution in [0.25, 0.3) is 0 Å². The number of hydrogen-bond donors (Lipinski definition) is 0. The van der Waals surface area contributed by atoms with Crippen LogP contribution in [0.15, 0.2) is 34.9 Å². The van der Waals surface area contributed by atoms with Crippen molar-refractivity contribution in [3.8, 4) is 0 Å². The molecule has 1 aliphatic rings. The quantitative estimate of drug-likeness (QED) is 0.840. The lowest BCUT2D eigenvalue weighted by Crippen LogP contribution is -2.24. The predicted octanol–water partition coefficient (Wildman–Crippen LogP) is 3.85. The van der Waals surface area contributed by atoms with Crippen LogP contribution in [0.5, 0.6) is 0 Å². The summed E-state index contributed by atoms with van der Waals surface area (Å²) in [6.45, 7) is 7.76. The molecular formula is C18H23FN2O. The maximum absolute atomic E-state index is 13.2. The van der Waals surface area contributed by atoms with Gasteiger partial charge in [0, 0.05) is 25.4 Å². The standard InChI is InChI=1S/C18H23FN2O/c1-13(2)11-21-7-6-15(12-21)18-20-10-17(22-18)9-14-4-3-5-16(19)8-14/h3-5,8,10,13,15H,6-7,9,11-12H2,1-2H3/t15-/m1/s1. The number of likely N-dealkylation sites (tertiary alicyclic amines) is 1. The van der Waals surface area contributed by atoms with Crippen LogP contribution in [0.4, 0.5) is 4.39 Å². The minimum atomic E-state index is -0.211. The van der Waals surface area contributed by atoms with E-state index in [-0.39, 0.29) is 5.82 Å². The Kier molecular flexibility index (Phi) is 4.57. The number of halogens is 1. The van der Waals surface area contributed by atoms with Gasteiger partial charge in [0.05, 0.1) is 6.20 Å². The van der Waals surface area contributed by atoms with Crippen molar-refractivity contribution < 1.29 is 8.81 Å². The molecule has 0 spiro atoms. The number of aromatic nitrogens is 1. The molecule has 1 atom stereocenters. The van der Waals surface area contributed by atoms with Crippen LogP contribution < -0.4 is 0 Å². The Morgan fingerprint density at radius 2 is 2.27 bits per heavy atom. The van der Waals surface area contributed by atoms with Crippen molar-refractivity contribution in [3.63, 3.8) is 0 Å². The smallest absolute Gasteiger partial charge is 0.198 e. The van der Waals surface area contributed by atoms with Gasteiger partial charge in [-0.1, -0.05) is 26.0 Å². The monoisotopic (exact) mass is 302 g/mol. The minimum Gasteiger partial charge on any atom is -0.445 e. The average Bonchev–Trinajstić information content (AvgIpc) is 3.07. The molecule has 3 nitrogen and oxygen atoms in total. The van der Waals surface area contributed by atoms with Gasteiger partial charge in [0.25, 0.3) is 0 Å². The molecule has 2 aromatic rings. The number of oxazole rings is 1. The van der Waals surface area contributed by atoms with Crippen LogP contribution in [0, 0.1) is 11.7 Å². The predicted molar refractivity (Wildman–Crippen MR) is 84.3 cm³/mol. The molecule has 0 amide bonds. The fourth-order valence-electron chi connectivity index (χ4n) is 3.16. The molecule has 0 unspecified atom stereocenters. The summed E-state index contributed by atoms with van der Waals surface area (Å²) in [5.41, 5.74) is 0.913. The van der Waals surface area contributed by atoms with Gasteiger partial charge in [0.1, 0.15) is 11.6 Å². The van der Waals surface area contributed by atoms with Crippen LogP contribution >= 0.6 is 0 Å². The number of hydrogen-bond acceptors (Lipinski definition) is 3. The second-order valence-corrected chi connectivity index (χ2v) is 6.61. The molecule has 4 heteroatoms. The Bertz CT molecular complexity index is 623. The largest absolute Gasteiger partial charge is 0.445 e. The summed E-state index contributed by atoms with van der Waals surface area (Å²) in [6.07, 6.45) is 3.48. The van der Waals surface area contributed by atoms with Gasteiger partial charge in [-0.25, -0.2) is 9.37 Å². The minimum absolute atomic E-state index is 0.211. The molecule has 0 N–H and O–H groups in total. The van der Waals surface area contributed by atoms with Gasteiger partial charge >= 0.3 is 0 Å². The van der Waals surface area contributed by atoms with Crippen LogP contribution in [0.2, 0.25) is 0 Å². The van der Waals surface area contributed by atoms with Crippen molar-refractivity contribution in [2.75, 3.05) is 19.6 Å². The second kappa shape index (κ2) is 6.61. The highest BCUT2D eigenvalue weighted by atomic mass is 19.1. The highest BCUT2D eigenvalue weighted by Gasteiger charge is 2.27. The third kappa shape index (κ3) is 3.74. The molecule has 2 heterocycles. The summed E-state index contributed by atoms with van der Waals surface area (Å²) in [6, 6.07) is 6.63. The summed E-state index contributed by atoms with van der Waals surface area (Å²) in [5, 5.41) is 0. The van der Waals surface area contributed by atoms with Gasteiger partial charge in [0.2, 0.25) is 0 Å². The molecular weight excluding hydrogens is 279 g/mol. The molecule has 1 aromatic heterocycles. The van der Waals surface area contributed by atoms with Gasteiger partial charge in [-0.2, -0.15) is 0 Å². The van der Waals surface area contributed by atoms with E-state index < -0.39 is 0 Å². The Morgan fingerprint density at radius 1 is 1.41 bits per heavy atom. The molecule has 22 heavy (non-hydrogen) atoms. The van der Waals surface area contributed by atoms with Crippen molar-refractivity contribution in [3.05, 3.63) is 53.5 Å². The molecule has 3 rings (SSSR count). The molecule has 118 valence electrons. The molecule has 0 bridgehead atoms. The summed E-state index contributed by atoms with van der Waals surface area (Å²) in [7, 11) is 0. The lowest BCUT2D eigenvalue weighted by molar-refractivity contribution is 0.289. The summed E-state index contributed by atoms with van der Waals surface area (Å²) < 4.78 is 19.1. The van der Waals surface area contributed by atoms with Crippen molar-refractivity contribution in [2.24, 2.45) is 5.92 Å². The zero-order chi connectivity index (χ0) is 15.5. The summed E-state index contributed by atoms with van der Waals surface area (Å²) in [5.74, 6) is 2.50. The second-order valence-electron chi connectivity index (χ2n) is 6.61. The first-order valence-electron chi connectivity index (χ1n) is 8.01. The topological polar surface area (TPSA) is 29.3 Å². The van der Waals surface area contributed by atoms with Crippen molar-refractivity contribution in [1.82, 2.24) is 9.88 Å². The highest BCUT2D eigenvalue weighted by molar-refractivity contribution is 5.21. The van der Waals surface area contributed by atoms with Gasteiger partial charge < -0.3 is 9.32 Å². The third-order valence-electron chi connectivity index (χ3n) is 4.08. The average molecular weight is 302 g/mol. The number of rotatable bonds is 5. The Hall–Kier alpha value is -1.68. The third-order valence-corrected chi connectivity index (χ3v) is 4.08. The molecule has 1 fully saturated rings. The van der Waals surface area contributed by atoms with Crippen LogP contribution in [-0.2, 0) is 6.42 Å². The zero-order valence-electron chi connectivity index (χ0n) is 13.3. The first-order chi connectivity index (χ1) is 10.6. The fourth-order valence-corrected chi connectivity index (χ4v) is 3.16. The Balaban J connectivity index is 1.62. The molecule has 1 aromatic carbocycles. The lowest BCUT2D eigenvalue weighted by atomic mass is 10.1. The van der Waals surface area contributed by atoms with E-state index in [0.717, 1.165) is 43.3 Å². The van der Waals surface area contributed by atoms with E-state index in [1.165, 1.54) is 6.07 Å². The van der Waals surface area contributed by atoms with Gasteiger partial charge in [-0.15, -0.1) is 0 Å². The fraction of sp³-hybridized carbons (Fsp3) is 0.500. The van der Waals surface area contributed by atoms with E-state index in [0.29, 0.717) is 18.3 Å². The van der Waals surface area contributed by atoms with Crippen molar-refractivity contribution in [2.45, 2.75) is 32.6 Å². The van der Waals surface area contributed by atoms with Crippen molar-refractivity contribution >= 4 is 0 Å². The Morgan fingerprint density at radius 3 is 3.05 bits per heavy atom. The lowest BCUT2D eigenvalue weighted by Gasteiger charge is -2.17. The van der Waals surface area contributed by atoms with E-state index in [1.54, 1.807) is 18.3 Å².